The average molecular weight is 236 g/mol. The zero-order chi connectivity index (χ0) is 12.6. The maximum atomic E-state index is 11.7. The lowest BCUT2D eigenvalue weighted by atomic mass is 10.1. The van der Waals surface area contributed by atoms with Gasteiger partial charge in [-0.25, -0.2) is 0 Å². The van der Waals surface area contributed by atoms with Crippen molar-refractivity contribution >= 4 is 11.9 Å². The van der Waals surface area contributed by atoms with Gasteiger partial charge in [-0.3, -0.25) is 4.79 Å². The Morgan fingerprint density at radius 3 is 2.17 bits per heavy atom. The standard InChI is InChI=1S/C17H16O/c18-17(13-11-15-7-3-1-4-8-15)14-12-16-9-5-2-6-10-16/h1-11,13H,12,14H2/b13-11+. The number of aryl methyl sites for hydroxylation is 1. The quantitative estimate of drug-likeness (QED) is 0.719. The first kappa shape index (κ1) is 12.3. The molecule has 2 aromatic rings. The summed E-state index contributed by atoms with van der Waals surface area (Å²) >= 11 is 0. The third-order valence-corrected chi connectivity index (χ3v) is 2.76. The first-order valence-electron chi connectivity index (χ1n) is 6.14. The summed E-state index contributed by atoms with van der Waals surface area (Å²) in [4.78, 5) is 11.7. The van der Waals surface area contributed by atoms with Crippen LogP contribution in [0.4, 0.5) is 0 Å². The van der Waals surface area contributed by atoms with Gasteiger partial charge in [0.05, 0.1) is 0 Å². The lowest BCUT2D eigenvalue weighted by Gasteiger charge is -1.98. The summed E-state index contributed by atoms with van der Waals surface area (Å²) in [6.45, 7) is 0. The van der Waals surface area contributed by atoms with Gasteiger partial charge in [0, 0.05) is 6.42 Å². The summed E-state index contributed by atoms with van der Waals surface area (Å²) < 4.78 is 0. The zero-order valence-corrected chi connectivity index (χ0v) is 10.3. The Morgan fingerprint density at radius 1 is 0.889 bits per heavy atom. The molecule has 0 unspecified atom stereocenters. The first-order valence-corrected chi connectivity index (χ1v) is 6.14. The number of rotatable bonds is 5. The first-order chi connectivity index (χ1) is 8.84. The van der Waals surface area contributed by atoms with Crippen molar-refractivity contribution in [3.8, 4) is 0 Å². The van der Waals surface area contributed by atoms with Crippen molar-refractivity contribution in [2.75, 3.05) is 0 Å². The molecule has 0 aromatic heterocycles. The van der Waals surface area contributed by atoms with Crippen molar-refractivity contribution in [2.45, 2.75) is 12.8 Å². The molecular formula is C17H16O. The van der Waals surface area contributed by atoms with Crippen LogP contribution in [0.5, 0.6) is 0 Å². The molecular weight excluding hydrogens is 220 g/mol. The topological polar surface area (TPSA) is 17.1 Å². The molecule has 0 saturated carbocycles. The number of hydrogen-bond donors (Lipinski definition) is 0. The summed E-state index contributed by atoms with van der Waals surface area (Å²) in [7, 11) is 0. The molecule has 0 spiro atoms. The SMILES string of the molecule is O=C(/C=C/c1ccccc1)CCc1ccccc1. The molecule has 1 heteroatoms. The predicted octanol–water partition coefficient (Wildman–Crippen LogP) is 3.90. The van der Waals surface area contributed by atoms with E-state index in [-0.39, 0.29) is 5.78 Å². The molecule has 0 fully saturated rings. The molecule has 0 radical (unpaired) electrons. The molecule has 0 amide bonds. The molecule has 0 aliphatic carbocycles. The van der Waals surface area contributed by atoms with Crippen LogP contribution >= 0.6 is 0 Å². The van der Waals surface area contributed by atoms with Crippen LogP contribution in [-0.4, -0.2) is 5.78 Å². The summed E-state index contributed by atoms with van der Waals surface area (Å²) in [5, 5.41) is 0. The molecule has 18 heavy (non-hydrogen) atoms. The minimum absolute atomic E-state index is 0.169. The predicted molar refractivity (Wildman–Crippen MR) is 75.2 cm³/mol. The molecule has 1 nitrogen and oxygen atoms in total. The molecule has 2 rings (SSSR count). The largest absolute Gasteiger partial charge is 0.295 e. The number of carbonyl (C=O) groups is 1. The summed E-state index contributed by atoms with van der Waals surface area (Å²) in [6.07, 6.45) is 4.90. The van der Waals surface area contributed by atoms with Crippen molar-refractivity contribution in [3.05, 3.63) is 77.9 Å². The summed E-state index contributed by atoms with van der Waals surface area (Å²) in [5.74, 6) is 0.169. The average Bonchev–Trinajstić information content (AvgIpc) is 2.45. The van der Waals surface area contributed by atoms with Crippen LogP contribution in [0.25, 0.3) is 6.08 Å². The fraction of sp³-hybridized carbons (Fsp3) is 0.118. The molecule has 0 bridgehead atoms. The Hall–Kier alpha value is -2.15. The maximum Gasteiger partial charge on any atom is 0.156 e. The van der Waals surface area contributed by atoms with Crippen LogP contribution in [0.15, 0.2) is 66.7 Å². The highest BCUT2D eigenvalue weighted by molar-refractivity contribution is 5.93. The molecule has 0 N–H and O–H groups in total. The number of hydrogen-bond acceptors (Lipinski definition) is 1. The van der Waals surface area contributed by atoms with E-state index in [9.17, 15) is 4.79 Å². The lowest BCUT2D eigenvalue weighted by Crippen LogP contribution is -1.95. The summed E-state index contributed by atoms with van der Waals surface area (Å²) in [6, 6.07) is 20.0. The molecule has 0 aliphatic heterocycles. The zero-order valence-electron chi connectivity index (χ0n) is 10.3. The third kappa shape index (κ3) is 4.02. The van der Waals surface area contributed by atoms with E-state index in [1.165, 1.54) is 5.56 Å². The van der Waals surface area contributed by atoms with Crippen molar-refractivity contribution in [2.24, 2.45) is 0 Å². The van der Waals surface area contributed by atoms with Crippen LogP contribution in [-0.2, 0) is 11.2 Å². The van der Waals surface area contributed by atoms with Gasteiger partial charge in [-0.1, -0.05) is 66.7 Å². The monoisotopic (exact) mass is 236 g/mol. The van der Waals surface area contributed by atoms with Gasteiger partial charge in [0.2, 0.25) is 0 Å². The van der Waals surface area contributed by atoms with Crippen LogP contribution in [0, 0.1) is 0 Å². The van der Waals surface area contributed by atoms with Crippen molar-refractivity contribution < 1.29 is 4.79 Å². The van der Waals surface area contributed by atoms with Crippen LogP contribution < -0.4 is 0 Å². The molecule has 2 aromatic carbocycles. The molecule has 0 aliphatic rings. The number of ketones is 1. The van der Waals surface area contributed by atoms with E-state index in [1.54, 1.807) is 6.08 Å². The van der Waals surface area contributed by atoms with E-state index in [4.69, 9.17) is 0 Å². The van der Waals surface area contributed by atoms with E-state index < -0.39 is 0 Å². The Balaban J connectivity index is 1.84. The Labute approximate surface area is 108 Å². The molecule has 90 valence electrons. The minimum atomic E-state index is 0.169. The van der Waals surface area contributed by atoms with Crippen LogP contribution in [0.3, 0.4) is 0 Å². The van der Waals surface area contributed by atoms with Gasteiger partial charge in [-0.2, -0.15) is 0 Å². The molecule has 0 saturated heterocycles. The Morgan fingerprint density at radius 2 is 1.50 bits per heavy atom. The maximum absolute atomic E-state index is 11.7. The second-order valence-electron chi connectivity index (χ2n) is 4.20. The van der Waals surface area contributed by atoms with Crippen LogP contribution in [0.1, 0.15) is 17.5 Å². The van der Waals surface area contributed by atoms with E-state index in [0.29, 0.717) is 6.42 Å². The Bertz CT molecular complexity index is 512. The minimum Gasteiger partial charge on any atom is -0.295 e. The van der Waals surface area contributed by atoms with Gasteiger partial charge in [-0.05, 0) is 23.6 Å². The molecule has 0 atom stereocenters. The number of carbonyl (C=O) groups excluding carboxylic acids is 1. The van der Waals surface area contributed by atoms with Crippen molar-refractivity contribution in [1.29, 1.82) is 0 Å². The highest BCUT2D eigenvalue weighted by Gasteiger charge is 1.98. The van der Waals surface area contributed by atoms with Gasteiger partial charge in [0.15, 0.2) is 5.78 Å². The number of allylic oxidation sites excluding steroid dienone is 1. The highest BCUT2D eigenvalue weighted by atomic mass is 16.1. The van der Waals surface area contributed by atoms with Gasteiger partial charge in [-0.15, -0.1) is 0 Å². The van der Waals surface area contributed by atoms with Crippen LogP contribution in [0.2, 0.25) is 0 Å². The summed E-state index contributed by atoms with van der Waals surface area (Å²) in [5.41, 5.74) is 2.27. The fourth-order valence-electron chi connectivity index (χ4n) is 1.75. The van der Waals surface area contributed by atoms with E-state index in [0.717, 1.165) is 12.0 Å². The number of benzene rings is 2. The van der Waals surface area contributed by atoms with E-state index in [1.807, 2.05) is 66.7 Å². The van der Waals surface area contributed by atoms with Gasteiger partial charge in [0.25, 0.3) is 0 Å². The van der Waals surface area contributed by atoms with Gasteiger partial charge >= 0.3 is 0 Å². The highest BCUT2D eigenvalue weighted by Crippen LogP contribution is 2.05. The van der Waals surface area contributed by atoms with E-state index >= 15 is 0 Å². The normalized spacial score (nSPS) is 10.7. The molecule has 0 heterocycles. The van der Waals surface area contributed by atoms with Crippen molar-refractivity contribution in [3.63, 3.8) is 0 Å². The van der Waals surface area contributed by atoms with E-state index in [2.05, 4.69) is 0 Å². The smallest absolute Gasteiger partial charge is 0.156 e. The van der Waals surface area contributed by atoms with Gasteiger partial charge < -0.3 is 0 Å². The fourth-order valence-corrected chi connectivity index (χ4v) is 1.75. The van der Waals surface area contributed by atoms with Gasteiger partial charge in [0.1, 0.15) is 0 Å². The van der Waals surface area contributed by atoms with Crippen molar-refractivity contribution in [1.82, 2.24) is 0 Å². The second-order valence-corrected chi connectivity index (χ2v) is 4.20. The third-order valence-electron chi connectivity index (χ3n) is 2.76. The lowest BCUT2D eigenvalue weighted by molar-refractivity contribution is -0.114. The second kappa shape index (κ2) is 6.55. The Kier molecular flexibility index (Phi) is 4.48.